The van der Waals surface area contributed by atoms with E-state index in [0.29, 0.717) is 24.7 Å². The summed E-state index contributed by atoms with van der Waals surface area (Å²) in [5.74, 6) is 0.118. The van der Waals surface area contributed by atoms with E-state index in [1.165, 1.54) is 9.08 Å². The lowest BCUT2D eigenvalue weighted by molar-refractivity contribution is -0.134. The number of piperidine rings is 1. The first-order valence-electron chi connectivity index (χ1n) is 8.75. The zero-order chi connectivity index (χ0) is 16.9. The average molecular weight is 368 g/mol. The lowest BCUT2D eigenvalue weighted by Gasteiger charge is -2.34. The number of carbonyl (C=O) groups is 1. The highest BCUT2D eigenvalue weighted by Gasteiger charge is 2.24. The molecule has 2 aromatic rings. The monoisotopic (exact) mass is 367 g/mol. The van der Waals surface area contributed by atoms with Gasteiger partial charge in [-0.1, -0.05) is 13.0 Å². The second-order valence-electron chi connectivity index (χ2n) is 6.25. The molecule has 0 bridgehead atoms. The number of hydrogen-bond acceptors (Lipinski definition) is 4. The molecule has 0 radical (unpaired) electrons. The van der Waals surface area contributed by atoms with Gasteiger partial charge in [0, 0.05) is 25.2 Å². The van der Waals surface area contributed by atoms with E-state index in [2.05, 4.69) is 17.3 Å². The zero-order valence-corrected chi connectivity index (χ0v) is 15.4. The number of amides is 1. The van der Waals surface area contributed by atoms with Gasteiger partial charge in [-0.05, 0) is 44.5 Å². The van der Waals surface area contributed by atoms with Crippen LogP contribution in [0, 0.1) is 0 Å². The van der Waals surface area contributed by atoms with Gasteiger partial charge in [-0.3, -0.25) is 9.20 Å². The first kappa shape index (κ1) is 19.5. The number of hydrogen-bond donors (Lipinski definition) is 1. The Morgan fingerprint density at radius 2 is 2.12 bits per heavy atom. The van der Waals surface area contributed by atoms with E-state index < -0.39 is 0 Å². The highest BCUT2D eigenvalue weighted by molar-refractivity contribution is 5.85. The zero-order valence-electron chi connectivity index (χ0n) is 14.6. The van der Waals surface area contributed by atoms with Crippen molar-refractivity contribution < 1.29 is 4.79 Å². The highest BCUT2D eigenvalue weighted by atomic mass is 35.5. The summed E-state index contributed by atoms with van der Waals surface area (Å²) in [6, 6.07) is 5.75. The van der Waals surface area contributed by atoms with Gasteiger partial charge in [-0.2, -0.15) is 0 Å². The van der Waals surface area contributed by atoms with Gasteiger partial charge >= 0.3 is 5.69 Å². The summed E-state index contributed by atoms with van der Waals surface area (Å²) in [6.07, 6.45) is 4.96. The van der Waals surface area contributed by atoms with E-state index in [4.69, 9.17) is 0 Å². The smallest absolute Gasteiger partial charge is 0.340 e. The molecule has 0 spiro atoms. The SMILES string of the molecule is CCCN(C(=O)CCn1nc2ccccn2c1=O)C1CCNCC1.Cl. The fourth-order valence-electron chi connectivity index (χ4n) is 3.33. The first-order valence-corrected chi connectivity index (χ1v) is 8.75. The molecule has 1 aliphatic heterocycles. The number of fused-ring (bicyclic) bond motifs is 1. The second-order valence-corrected chi connectivity index (χ2v) is 6.25. The van der Waals surface area contributed by atoms with E-state index in [-0.39, 0.29) is 24.0 Å². The summed E-state index contributed by atoms with van der Waals surface area (Å²) in [6.45, 7) is 5.12. The topological polar surface area (TPSA) is 71.6 Å². The standard InChI is InChI=1S/C17H25N5O2.ClH/c1-2-11-20(14-6-9-18-10-7-14)16(23)8-13-22-17(24)21-12-4-3-5-15(21)19-22;/h3-5,12,14,18H,2,6-11,13H2,1H3;1H. The Morgan fingerprint density at radius 1 is 1.36 bits per heavy atom. The Balaban J connectivity index is 0.00000225. The van der Waals surface area contributed by atoms with Crippen LogP contribution >= 0.6 is 12.4 Å². The van der Waals surface area contributed by atoms with E-state index in [9.17, 15) is 9.59 Å². The Morgan fingerprint density at radius 3 is 2.80 bits per heavy atom. The molecule has 1 saturated heterocycles. The molecule has 1 fully saturated rings. The van der Waals surface area contributed by atoms with E-state index in [1.807, 2.05) is 11.0 Å². The number of nitrogens with one attached hydrogen (secondary N) is 1. The van der Waals surface area contributed by atoms with Gasteiger partial charge in [0.05, 0.1) is 6.54 Å². The normalized spacial score (nSPS) is 15.1. The van der Waals surface area contributed by atoms with Gasteiger partial charge in [0.2, 0.25) is 5.91 Å². The van der Waals surface area contributed by atoms with Gasteiger partial charge in [0.1, 0.15) is 0 Å². The molecule has 0 aromatic carbocycles. The van der Waals surface area contributed by atoms with Crippen LogP contribution in [0.5, 0.6) is 0 Å². The Labute approximate surface area is 153 Å². The van der Waals surface area contributed by atoms with Gasteiger partial charge in [0.15, 0.2) is 5.65 Å². The van der Waals surface area contributed by atoms with Crippen molar-refractivity contribution in [1.82, 2.24) is 24.4 Å². The summed E-state index contributed by atoms with van der Waals surface area (Å²) in [4.78, 5) is 27.0. The number of nitrogens with zero attached hydrogens (tertiary/aromatic N) is 4. The van der Waals surface area contributed by atoms with Crippen molar-refractivity contribution in [2.24, 2.45) is 0 Å². The molecule has 1 N–H and O–H groups in total. The Kier molecular flexibility index (Phi) is 7.01. The van der Waals surface area contributed by atoms with E-state index in [0.717, 1.165) is 38.9 Å². The van der Waals surface area contributed by atoms with Crippen LogP contribution in [0.1, 0.15) is 32.6 Å². The molecule has 138 valence electrons. The summed E-state index contributed by atoms with van der Waals surface area (Å²) < 4.78 is 2.89. The quantitative estimate of drug-likeness (QED) is 0.835. The summed E-state index contributed by atoms with van der Waals surface area (Å²) in [7, 11) is 0. The van der Waals surface area contributed by atoms with E-state index >= 15 is 0 Å². The number of carbonyl (C=O) groups excluding carboxylic acids is 1. The maximum atomic E-state index is 12.7. The third-order valence-electron chi connectivity index (χ3n) is 4.56. The number of aromatic nitrogens is 3. The Bertz CT molecular complexity index is 751. The van der Waals surface area contributed by atoms with Crippen molar-refractivity contribution in [3.63, 3.8) is 0 Å². The molecular weight excluding hydrogens is 342 g/mol. The average Bonchev–Trinajstić information content (AvgIpc) is 2.95. The summed E-state index contributed by atoms with van der Waals surface area (Å²) in [5, 5.41) is 7.62. The van der Waals surface area contributed by atoms with Crippen LogP contribution in [-0.2, 0) is 11.3 Å². The Hall–Kier alpha value is -1.86. The van der Waals surface area contributed by atoms with Crippen molar-refractivity contribution in [3.8, 4) is 0 Å². The predicted molar refractivity (Wildman–Crippen MR) is 99.2 cm³/mol. The number of pyridine rings is 1. The minimum Gasteiger partial charge on any atom is -0.340 e. The lowest BCUT2D eigenvalue weighted by atomic mass is 10.0. The van der Waals surface area contributed by atoms with Crippen molar-refractivity contribution in [1.29, 1.82) is 0 Å². The van der Waals surface area contributed by atoms with Crippen LogP contribution in [0.25, 0.3) is 5.65 Å². The van der Waals surface area contributed by atoms with Crippen LogP contribution in [0.2, 0.25) is 0 Å². The molecule has 25 heavy (non-hydrogen) atoms. The molecule has 8 heteroatoms. The molecule has 0 atom stereocenters. The predicted octanol–water partition coefficient (Wildman–Crippen LogP) is 1.30. The highest BCUT2D eigenvalue weighted by Crippen LogP contribution is 2.14. The van der Waals surface area contributed by atoms with Crippen LogP contribution in [0.15, 0.2) is 29.2 Å². The summed E-state index contributed by atoms with van der Waals surface area (Å²) in [5.41, 5.74) is 0.418. The molecule has 0 aliphatic carbocycles. The molecule has 7 nitrogen and oxygen atoms in total. The van der Waals surface area contributed by atoms with Gasteiger partial charge in [-0.15, -0.1) is 17.5 Å². The molecular formula is C17H26ClN5O2. The molecule has 2 aromatic heterocycles. The fraction of sp³-hybridized carbons (Fsp3) is 0.588. The van der Waals surface area contributed by atoms with Crippen LogP contribution in [-0.4, -0.2) is 50.7 Å². The molecule has 0 unspecified atom stereocenters. The first-order chi connectivity index (χ1) is 11.7. The summed E-state index contributed by atoms with van der Waals surface area (Å²) >= 11 is 0. The number of halogens is 1. The van der Waals surface area contributed by atoms with Crippen molar-refractivity contribution in [2.45, 2.75) is 45.2 Å². The minimum absolute atomic E-state index is 0. The van der Waals surface area contributed by atoms with Crippen LogP contribution in [0.3, 0.4) is 0 Å². The van der Waals surface area contributed by atoms with Gasteiger partial charge in [-0.25, -0.2) is 9.48 Å². The minimum atomic E-state index is -0.192. The number of aryl methyl sites for hydroxylation is 1. The molecule has 0 saturated carbocycles. The van der Waals surface area contributed by atoms with Crippen molar-refractivity contribution >= 4 is 24.0 Å². The molecule has 1 amide bonds. The molecule has 3 rings (SSSR count). The number of rotatable bonds is 6. The van der Waals surface area contributed by atoms with Crippen LogP contribution < -0.4 is 11.0 Å². The van der Waals surface area contributed by atoms with Crippen molar-refractivity contribution in [3.05, 3.63) is 34.9 Å². The second kappa shape index (κ2) is 9.01. The molecule has 1 aliphatic rings. The van der Waals surface area contributed by atoms with Crippen LogP contribution in [0.4, 0.5) is 0 Å². The largest absolute Gasteiger partial charge is 0.350 e. The lowest BCUT2D eigenvalue weighted by Crippen LogP contribution is -2.46. The molecule has 3 heterocycles. The maximum absolute atomic E-state index is 12.7. The van der Waals surface area contributed by atoms with E-state index in [1.54, 1.807) is 18.3 Å². The van der Waals surface area contributed by atoms with Gasteiger partial charge < -0.3 is 10.2 Å². The maximum Gasteiger partial charge on any atom is 0.350 e. The fourth-order valence-corrected chi connectivity index (χ4v) is 3.33. The van der Waals surface area contributed by atoms with Gasteiger partial charge in [0.25, 0.3) is 0 Å². The van der Waals surface area contributed by atoms with Crippen molar-refractivity contribution in [2.75, 3.05) is 19.6 Å². The third-order valence-corrected chi connectivity index (χ3v) is 4.56. The third kappa shape index (κ3) is 4.41.